The van der Waals surface area contributed by atoms with Crippen molar-refractivity contribution in [3.8, 4) is 0 Å². The summed E-state index contributed by atoms with van der Waals surface area (Å²) in [6.45, 7) is 7.45. The molecule has 0 aromatic carbocycles. The van der Waals surface area contributed by atoms with Crippen molar-refractivity contribution in [1.29, 1.82) is 0 Å². The maximum Gasteiger partial charge on any atom is 0.503 e. The van der Waals surface area contributed by atoms with Gasteiger partial charge in [0.25, 0.3) is 0 Å². The van der Waals surface area contributed by atoms with Crippen LogP contribution in [0.15, 0.2) is 0 Å². The van der Waals surface area contributed by atoms with Crippen molar-refractivity contribution in [3.63, 3.8) is 0 Å². The molecule has 0 saturated heterocycles. The molecule has 1 aliphatic rings. The number of carbonyl (C=O) groups excluding carboxylic acids is 2. The minimum Gasteiger partial charge on any atom is -0.450 e. The normalized spacial score (nSPS) is 16.2. The minimum absolute atomic E-state index is 0.384. The second-order valence-corrected chi connectivity index (χ2v) is 6.80. The largest absolute Gasteiger partial charge is 0.503 e. The predicted octanol–water partition coefficient (Wildman–Crippen LogP) is 3.45. The zero-order chi connectivity index (χ0) is 18.8. The summed E-state index contributed by atoms with van der Waals surface area (Å²) in [5.74, 6) is 0.161. The molecule has 24 heavy (non-hydrogen) atoms. The molecule has 140 valence electrons. The highest BCUT2D eigenvalue weighted by molar-refractivity contribution is 5.75. The lowest BCUT2D eigenvalue weighted by Gasteiger charge is -2.23. The van der Waals surface area contributed by atoms with Crippen LogP contribution in [0.1, 0.15) is 59.8 Å². The van der Waals surface area contributed by atoms with E-state index >= 15 is 0 Å². The Morgan fingerprint density at radius 2 is 1.58 bits per heavy atom. The summed E-state index contributed by atoms with van der Waals surface area (Å²) in [5.41, 5.74) is -0.601. The molecule has 8 heteroatoms. The Kier molecular flexibility index (Phi) is 9.83. The van der Waals surface area contributed by atoms with Crippen LogP contribution in [-0.4, -0.2) is 41.3 Å². The number of nitrogens with one attached hydrogen (secondary N) is 1. The van der Waals surface area contributed by atoms with Crippen molar-refractivity contribution >= 4 is 18.2 Å². The van der Waals surface area contributed by atoms with Gasteiger partial charge in [0.2, 0.25) is 6.29 Å². The number of esters is 1. The van der Waals surface area contributed by atoms with Crippen molar-refractivity contribution in [1.82, 2.24) is 5.32 Å². The van der Waals surface area contributed by atoms with E-state index in [9.17, 15) is 9.59 Å². The predicted molar refractivity (Wildman–Crippen MR) is 86.7 cm³/mol. The smallest absolute Gasteiger partial charge is 0.450 e. The van der Waals surface area contributed by atoms with Crippen LogP contribution in [0.5, 0.6) is 0 Å². The molecule has 0 spiro atoms. The standard InChI is InChI=1S/C15H27NO4.CH2O3/c1-11(19-13(17)15(2,3)4)20-14(18)16-10-12-8-6-5-7-9-12;2-1(3)4/h11-12H,5-10H2,1-4H3,(H,16,18);(H2,2,3,4). The summed E-state index contributed by atoms with van der Waals surface area (Å²) in [7, 11) is 0. The van der Waals surface area contributed by atoms with Gasteiger partial charge in [0.15, 0.2) is 0 Å². The van der Waals surface area contributed by atoms with E-state index in [-0.39, 0.29) is 5.97 Å². The summed E-state index contributed by atoms with van der Waals surface area (Å²) in [4.78, 5) is 31.8. The van der Waals surface area contributed by atoms with Crippen LogP contribution in [0.25, 0.3) is 0 Å². The number of alkyl carbamates (subject to hydrolysis) is 1. The third kappa shape index (κ3) is 11.6. The Hall–Kier alpha value is -1.99. The monoisotopic (exact) mass is 347 g/mol. The first-order chi connectivity index (χ1) is 11.0. The van der Waals surface area contributed by atoms with Crippen LogP contribution in [-0.2, 0) is 14.3 Å². The second-order valence-electron chi connectivity index (χ2n) is 6.80. The molecule has 1 atom stereocenters. The van der Waals surface area contributed by atoms with Gasteiger partial charge in [-0.15, -0.1) is 0 Å². The summed E-state index contributed by atoms with van der Waals surface area (Å²) in [5, 5.41) is 16.7. The Balaban J connectivity index is 0.00000118. The Bertz CT molecular complexity index is 407. The first-order valence-electron chi connectivity index (χ1n) is 8.09. The first-order valence-corrected chi connectivity index (χ1v) is 8.09. The number of hydrogen-bond donors (Lipinski definition) is 3. The molecule has 1 rings (SSSR count). The molecule has 0 aliphatic heterocycles. The third-order valence-electron chi connectivity index (χ3n) is 3.42. The molecule has 1 amide bonds. The molecule has 1 fully saturated rings. The number of ether oxygens (including phenoxy) is 2. The van der Waals surface area contributed by atoms with Gasteiger partial charge in [-0.25, -0.2) is 9.59 Å². The first kappa shape index (κ1) is 22.0. The zero-order valence-corrected chi connectivity index (χ0v) is 14.8. The molecule has 0 radical (unpaired) electrons. The van der Waals surface area contributed by atoms with E-state index in [1.54, 1.807) is 27.7 Å². The average molecular weight is 347 g/mol. The van der Waals surface area contributed by atoms with E-state index in [1.807, 2.05) is 0 Å². The van der Waals surface area contributed by atoms with Gasteiger partial charge in [-0.2, -0.15) is 0 Å². The molecular weight excluding hydrogens is 318 g/mol. The van der Waals surface area contributed by atoms with Gasteiger partial charge < -0.3 is 25.0 Å². The Morgan fingerprint density at radius 1 is 1.08 bits per heavy atom. The van der Waals surface area contributed by atoms with Crippen molar-refractivity contribution in [2.45, 2.75) is 66.1 Å². The van der Waals surface area contributed by atoms with Gasteiger partial charge in [0.05, 0.1) is 5.41 Å². The molecule has 8 nitrogen and oxygen atoms in total. The van der Waals surface area contributed by atoms with Crippen LogP contribution in [0.3, 0.4) is 0 Å². The molecule has 1 unspecified atom stereocenters. The van der Waals surface area contributed by atoms with E-state index in [4.69, 9.17) is 24.5 Å². The number of amides is 1. The summed E-state index contributed by atoms with van der Waals surface area (Å²) in [6.07, 6.45) is 2.87. The third-order valence-corrected chi connectivity index (χ3v) is 3.42. The highest BCUT2D eigenvalue weighted by Gasteiger charge is 2.26. The molecule has 0 aromatic heterocycles. The number of carboxylic acid groups (broad SMARTS) is 2. The number of carbonyl (C=O) groups is 3. The lowest BCUT2D eigenvalue weighted by Crippen LogP contribution is -2.35. The van der Waals surface area contributed by atoms with E-state index in [1.165, 1.54) is 19.3 Å². The van der Waals surface area contributed by atoms with Crippen molar-refractivity contribution < 1.29 is 34.1 Å². The average Bonchev–Trinajstić information content (AvgIpc) is 2.44. The number of rotatable bonds is 4. The van der Waals surface area contributed by atoms with E-state index in [0.717, 1.165) is 12.8 Å². The highest BCUT2D eigenvalue weighted by Crippen LogP contribution is 2.22. The Labute approximate surface area is 142 Å². The SMILES string of the molecule is CC(OC(=O)NCC1CCCCC1)OC(=O)C(C)(C)C.O=C(O)O. The number of hydrogen-bond acceptors (Lipinski definition) is 5. The van der Waals surface area contributed by atoms with Gasteiger partial charge in [-0.05, 0) is 39.5 Å². The maximum absolute atomic E-state index is 11.6. The lowest BCUT2D eigenvalue weighted by atomic mass is 9.89. The molecule has 1 saturated carbocycles. The summed E-state index contributed by atoms with van der Waals surface area (Å²) in [6, 6.07) is 0. The van der Waals surface area contributed by atoms with Crippen LogP contribution in [0.4, 0.5) is 9.59 Å². The van der Waals surface area contributed by atoms with Gasteiger partial charge in [0, 0.05) is 13.5 Å². The fourth-order valence-corrected chi connectivity index (χ4v) is 2.16. The fraction of sp³-hybridized carbons (Fsp3) is 0.812. The summed E-state index contributed by atoms with van der Waals surface area (Å²) < 4.78 is 10.1. The molecule has 0 aromatic rings. The van der Waals surface area contributed by atoms with Crippen LogP contribution in [0.2, 0.25) is 0 Å². The van der Waals surface area contributed by atoms with Crippen molar-refractivity contribution in [2.75, 3.05) is 6.54 Å². The van der Waals surface area contributed by atoms with E-state index in [0.29, 0.717) is 12.5 Å². The quantitative estimate of drug-likeness (QED) is 0.526. The van der Waals surface area contributed by atoms with Crippen molar-refractivity contribution in [2.24, 2.45) is 11.3 Å². The van der Waals surface area contributed by atoms with Crippen LogP contribution >= 0.6 is 0 Å². The lowest BCUT2D eigenvalue weighted by molar-refractivity contribution is -0.174. The molecule has 1 aliphatic carbocycles. The van der Waals surface area contributed by atoms with Gasteiger partial charge >= 0.3 is 18.2 Å². The van der Waals surface area contributed by atoms with Crippen LogP contribution in [0, 0.1) is 11.3 Å². The van der Waals surface area contributed by atoms with Gasteiger partial charge in [0.1, 0.15) is 0 Å². The van der Waals surface area contributed by atoms with Crippen molar-refractivity contribution in [3.05, 3.63) is 0 Å². The molecule has 0 bridgehead atoms. The Morgan fingerprint density at radius 3 is 2.04 bits per heavy atom. The highest BCUT2D eigenvalue weighted by atomic mass is 16.7. The topological polar surface area (TPSA) is 122 Å². The summed E-state index contributed by atoms with van der Waals surface area (Å²) >= 11 is 0. The van der Waals surface area contributed by atoms with E-state index < -0.39 is 24.0 Å². The minimum atomic E-state index is -1.83. The fourth-order valence-electron chi connectivity index (χ4n) is 2.16. The molecular formula is C16H29NO7. The van der Waals surface area contributed by atoms with Gasteiger partial charge in [-0.1, -0.05) is 19.3 Å². The second kappa shape index (κ2) is 10.7. The molecule has 3 N–H and O–H groups in total. The van der Waals surface area contributed by atoms with Gasteiger partial charge in [-0.3, -0.25) is 4.79 Å². The molecule has 0 heterocycles. The zero-order valence-electron chi connectivity index (χ0n) is 14.8. The maximum atomic E-state index is 11.6. The van der Waals surface area contributed by atoms with E-state index in [2.05, 4.69) is 5.32 Å². The van der Waals surface area contributed by atoms with Crippen LogP contribution < -0.4 is 5.32 Å².